The van der Waals surface area contributed by atoms with Crippen LogP contribution in [0.4, 0.5) is 4.79 Å². The van der Waals surface area contributed by atoms with E-state index in [4.69, 9.17) is 4.74 Å². The lowest BCUT2D eigenvalue weighted by molar-refractivity contribution is -0.896. The molecule has 1 aliphatic rings. The van der Waals surface area contributed by atoms with Crippen LogP contribution < -0.4 is 10.2 Å². The first kappa shape index (κ1) is 20.2. The molecule has 0 unspecified atom stereocenters. The smallest absolute Gasteiger partial charge is 0.409 e. The van der Waals surface area contributed by atoms with Gasteiger partial charge in [-0.1, -0.05) is 0 Å². The Bertz CT molecular complexity index is 453. The molecular weight excluding hydrogens is 312 g/mol. The van der Waals surface area contributed by atoms with E-state index in [0.29, 0.717) is 19.6 Å². The highest BCUT2D eigenvalue weighted by Crippen LogP contribution is 1.98. The molecule has 0 aliphatic carbocycles. The number of amides is 3. The summed E-state index contributed by atoms with van der Waals surface area (Å²) in [5.41, 5.74) is -0.230. The van der Waals surface area contributed by atoms with Crippen LogP contribution >= 0.6 is 0 Å². The molecule has 1 fully saturated rings. The van der Waals surface area contributed by atoms with Crippen molar-refractivity contribution in [1.82, 2.24) is 15.1 Å². The predicted molar refractivity (Wildman–Crippen MR) is 89.7 cm³/mol. The van der Waals surface area contributed by atoms with Gasteiger partial charge in [0.05, 0.1) is 32.8 Å². The largest absolute Gasteiger partial charge is 0.450 e. The van der Waals surface area contributed by atoms with Crippen LogP contribution in [0.15, 0.2) is 0 Å². The molecule has 8 heteroatoms. The third-order valence-corrected chi connectivity index (χ3v) is 3.70. The van der Waals surface area contributed by atoms with Crippen LogP contribution in [-0.2, 0) is 14.3 Å². The first-order valence-electron chi connectivity index (χ1n) is 8.42. The zero-order valence-electron chi connectivity index (χ0n) is 15.5. The van der Waals surface area contributed by atoms with Crippen LogP contribution in [-0.4, -0.2) is 86.2 Å². The molecule has 0 aromatic heterocycles. The lowest BCUT2D eigenvalue weighted by Crippen LogP contribution is -3.16. The topological polar surface area (TPSA) is 83.4 Å². The number of rotatable bonds is 5. The predicted octanol–water partition coefficient (Wildman–Crippen LogP) is -1.28. The van der Waals surface area contributed by atoms with Crippen LogP contribution in [0, 0.1) is 0 Å². The van der Waals surface area contributed by atoms with Gasteiger partial charge in [0, 0.05) is 12.6 Å². The quantitative estimate of drug-likeness (QED) is 0.651. The molecule has 0 atom stereocenters. The lowest BCUT2D eigenvalue weighted by atomic mass is 10.1. The van der Waals surface area contributed by atoms with Crippen molar-refractivity contribution in [3.63, 3.8) is 0 Å². The molecule has 8 nitrogen and oxygen atoms in total. The van der Waals surface area contributed by atoms with Gasteiger partial charge in [0.1, 0.15) is 6.54 Å². The monoisotopic (exact) mass is 343 g/mol. The highest BCUT2D eigenvalue weighted by atomic mass is 16.6. The van der Waals surface area contributed by atoms with Gasteiger partial charge >= 0.3 is 6.09 Å². The number of ether oxygens (including phenoxy) is 1. The molecule has 0 spiro atoms. The molecule has 3 amide bonds. The molecule has 0 radical (unpaired) electrons. The number of piperazine rings is 1. The Morgan fingerprint density at radius 1 is 1.21 bits per heavy atom. The fourth-order valence-electron chi connectivity index (χ4n) is 2.54. The fourth-order valence-corrected chi connectivity index (χ4v) is 2.54. The summed E-state index contributed by atoms with van der Waals surface area (Å²) in [7, 11) is 1.55. The van der Waals surface area contributed by atoms with Gasteiger partial charge in [0.2, 0.25) is 5.91 Å². The molecule has 24 heavy (non-hydrogen) atoms. The number of nitrogens with one attached hydrogen (secondary N) is 2. The summed E-state index contributed by atoms with van der Waals surface area (Å²) >= 11 is 0. The second-order valence-corrected chi connectivity index (χ2v) is 7.16. The summed E-state index contributed by atoms with van der Waals surface area (Å²) in [5, 5.41) is 2.95. The third-order valence-electron chi connectivity index (χ3n) is 3.70. The Morgan fingerprint density at radius 3 is 2.29 bits per heavy atom. The van der Waals surface area contributed by atoms with Crippen molar-refractivity contribution in [2.45, 2.75) is 33.2 Å². The molecule has 1 aliphatic heterocycles. The van der Waals surface area contributed by atoms with E-state index < -0.39 is 6.09 Å². The standard InChI is InChI=1S/C16H30N4O4/c1-6-24-15(23)18(5)12-14(22)20-9-7-19(8-10-20)11-13(21)17-16(2,3)4/h6-12H2,1-5H3,(H,17,21)/p+1. The molecule has 0 aromatic carbocycles. The summed E-state index contributed by atoms with van der Waals surface area (Å²) in [5.74, 6) is -0.0666. The van der Waals surface area contributed by atoms with Crippen LogP contribution in [0.25, 0.3) is 0 Å². The van der Waals surface area contributed by atoms with Crippen molar-refractivity contribution in [3.8, 4) is 0 Å². The molecule has 1 saturated heterocycles. The molecule has 0 aromatic rings. The number of carbonyl (C=O) groups is 3. The van der Waals surface area contributed by atoms with E-state index in [2.05, 4.69) is 5.32 Å². The number of hydrogen-bond acceptors (Lipinski definition) is 4. The minimum absolute atomic E-state index is 0.0126. The van der Waals surface area contributed by atoms with Crippen molar-refractivity contribution in [1.29, 1.82) is 0 Å². The first-order chi connectivity index (χ1) is 11.1. The zero-order valence-corrected chi connectivity index (χ0v) is 15.5. The van der Waals surface area contributed by atoms with Gasteiger partial charge < -0.3 is 24.8 Å². The molecule has 2 N–H and O–H groups in total. The second-order valence-electron chi connectivity index (χ2n) is 7.16. The summed E-state index contributed by atoms with van der Waals surface area (Å²) in [4.78, 5) is 39.9. The Balaban J connectivity index is 2.36. The highest BCUT2D eigenvalue weighted by Gasteiger charge is 2.27. The van der Waals surface area contributed by atoms with Gasteiger partial charge in [0.25, 0.3) is 5.91 Å². The number of nitrogens with zero attached hydrogens (tertiary/aromatic N) is 2. The minimum atomic E-state index is -0.492. The average Bonchev–Trinajstić information content (AvgIpc) is 2.46. The van der Waals surface area contributed by atoms with Gasteiger partial charge in [-0.2, -0.15) is 0 Å². The third kappa shape index (κ3) is 7.16. The Labute approximate surface area is 144 Å². The van der Waals surface area contributed by atoms with Gasteiger partial charge in [-0.15, -0.1) is 0 Å². The normalized spacial score (nSPS) is 15.8. The maximum absolute atomic E-state index is 12.2. The molecule has 0 saturated carbocycles. The van der Waals surface area contributed by atoms with Crippen LogP contribution in [0.2, 0.25) is 0 Å². The van der Waals surface area contributed by atoms with Crippen molar-refractivity contribution < 1.29 is 24.0 Å². The van der Waals surface area contributed by atoms with E-state index in [1.165, 1.54) is 9.80 Å². The lowest BCUT2D eigenvalue weighted by Gasteiger charge is -2.33. The summed E-state index contributed by atoms with van der Waals surface area (Å²) in [6, 6.07) is 0. The van der Waals surface area contributed by atoms with E-state index >= 15 is 0 Å². The molecular formula is C16H31N4O4+. The van der Waals surface area contributed by atoms with Crippen LogP contribution in [0.3, 0.4) is 0 Å². The number of quaternary nitrogens is 1. The molecule has 1 rings (SSSR count). The fraction of sp³-hybridized carbons (Fsp3) is 0.812. The zero-order chi connectivity index (χ0) is 18.3. The van der Waals surface area contributed by atoms with Crippen molar-refractivity contribution in [2.75, 3.05) is 52.9 Å². The highest BCUT2D eigenvalue weighted by molar-refractivity contribution is 5.82. The van der Waals surface area contributed by atoms with Crippen molar-refractivity contribution >= 4 is 17.9 Å². The minimum Gasteiger partial charge on any atom is -0.450 e. The number of carbonyl (C=O) groups excluding carboxylic acids is 3. The average molecular weight is 343 g/mol. The van der Waals surface area contributed by atoms with Gasteiger partial charge in [0.15, 0.2) is 6.54 Å². The molecule has 138 valence electrons. The number of hydrogen-bond donors (Lipinski definition) is 2. The van der Waals surface area contributed by atoms with Gasteiger partial charge in [-0.25, -0.2) is 4.79 Å². The summed E-state index contributed by atoms with van der Waals surface area (Å²) in [6.45, 7) is 11.0. The molecule has 0 bridgehead atoms. The summed E-state index contributed by atoms with van der Waals surface area (Å²) < 4.78 is 4.86. The van der Waals surface area contributed by atoms with Crippen molar-refractivity contribution in [3.05, 3.63) is 0 Å². The Kier molecular flexibility index (Phi) is 7.47. The second kappa shape index (κ2) is 8.86. The first-order valence-corrected chi connectivity index (χ1v) is 8.42. The van der Waals surface area contributed by atoms with Crippen LogP contribution in [0.5, 0.6) is 0 Å². The van der Waals surface area contributed by atoms with E-state index in [1.54, 1.807) is 18.9 Å². The van der Waals surface area contributed by atoms with E-state index in [1.807, 2.05) is 20.8 Å². The Morgan fingerprint density at radius 2 is 1.79 bits per heavy atom. The Hall–Kier alpha value is -1.83. The summed E-state index contributed by atoms with van der Waals surface area (Å²) in [6.07, 6.45) is -0.492. The van der Waals surface area contributed by atoms with Gasteiger partial charge in [-0.05, 0) is 27.7 Å². The maximum atomic E-state index is 12.2. The maximum Gasteiger partial charge on any atom is 0.409 e. The number of likely N-dealkylation sites (N-methyl/N-ethyl adjacent to an activating group) is 1. The van der Waals surface area contributed by atoms with Gasteiger partial charge in [-0.3, -0.25) is 9.59 Å². The molecule has 1 heterocycles. The van der Waals surface area contributed by atoms with E-state index in [9.17, 15) is 14.4 Å². The van der Waals surface area contributed by atoms with E-state index in [0.717, 1.165) is 13.1 Å². The SMILES string of the molecule is CCOC(=O)N(C)CC(=O)N1CC[NH+](CC(=O)NC(C)(C)C)CC1. The van der Waals surface area contributed by atoms with E-state index in [-0.39, 0.29) is 30.5 Å². The van der Waals surface area contributed by atoms with Crippen LogP contribution in [0.1, 0.15) is 27.7 Å². The van der Waals surface area contributed by atoms with Crippen molar-refractivity contribution in [2.24, 2.45) is 0 Å².